The van der Waals surface area contributed by atoms with E-state index in [1.54, 1.807) is 48.5 Å². The van der Waals surface area contributed by atoms with Gasteiger partial charge < -0.3 is 5.32 Å². The fourth-order valence-corrected chi connectivity index (χ4v) is 3.69. The highest BCUT2D eigenvalue weighted by Gasteiger charge is 2.14. The van der Waals surface area contributed by atoms with Crippen molar-refractivity contribution in [2.24, 2.45) is 0 Å². The molecule has 0 aliphatic heterocycles. The third kappa shape index (κ3) is 4.61. The van der Waals surface area contributed by atoms with Crippen molar-refractivity contribution in [1.29, 1.82) is 0 Å². The predicted molar refractivity (Wildman–Crippen MR) is 107 cm³/mol. The molecule has 0 saturated carbocycles. The summed E-state index contributed by atoms with van der Waals surface area (Å²) in [5.74, 6) is -0.196. The van der Waals surface area contributed by atoms with Gasteiger partial charge in [-0.2, -0.15) is 0 Å². The molecule has 0 saturated heterocycles. The van der Waals surface area contributed by atoms with Gasteiger partial charge in [0.1, 0.15) is 0 Å². The molecule has 27 heavy (non-hydrogen) atoms. The lowest BCUT2D eigenvalue weighted by Gasteiger charge is -2.09. The Kier molecular flexibility index (Phi) is 5.69. The molecular weight excluding hydrogens is 360 g/mol. The summed E-state index contributed by atoms with van der Waals surface area (Å²) in [7, 11) is -3.63. The molecule has 0 unspecified atom stereocenters. The van der Waals surface area contributed by atoms with Gasteiger partial charge in [-0.25, -0.2) is 13.1 Å². The Hall–Kier alpha value is -2.96. The first-order valence-electron chi connectivity index (χ1n) is 8.46. The van der Waals surface area contributed by atoms with Gasteiger partial charge in [-0.05, 0) is 40.6 Å². The first-order chi connectivity index (χ1) is 13.0. The first kappa shape index (κ1) is 18.8. The summed E-state index contributed by atoms with van der Waals surface area (Å²) >= 11 is 0. The molecule has 0 atom stereocenters. The van der Waals surface area contributed by atoms with E-state index in [2.05, 4.69) is 16.6 Å². The van der Waals surface area contributed by atoms with E-state index in [0.29, 0.717) is 12.1 Å². The van der Waals surface area contributed by atoms with E-state index < -0.39 is 10.0 Å². The van der Waals surface area contributed by atoms with Crippen molar-refractivity contribution in [3.05, 3.63) is 90.5 Å². The van der Waals surface area contributed by atoms with Crippen LogP contribution in [0.25, 0.3) is 10.8 Å². The maximum atomic E-state index is 12.6. The van der Waals surface area contributed by atoms with Crippen LogP contribution in [0.4, 0.5) is 0 Å². The number of carbonyl (C=O) groups excluding carboxylic acids is 1. The van der Waals surface area contributed by atoms with Gasteiger partial charge in [0, 0.05) is 18.7 Å². The molecule has 5 nitrogen and oxygen atoms in total. The van der Waals surface area contributed by atoms with Gasteiger partial charge >= 0.3 is 0 Å². The number of hydrogen-bond acceptors (Lipinski definition) is 3. The SMILES string of the molecule is C=CCNC(=O)c1ccc(CNS(=O)(=O)c2ccc3ccccc3c2)cc1. The average molecular weight is 380 g/mol. The van der Waals surface area contributed by atoms with Crippen LogP contribution in [0.1, 0.15) is 15.9 Å². The minimum atomic E-state index is -3.63. The van der Waals surface area contributed by atoms with E-state index in [4.69, 9.17) is 0 Å². The lowest BCUT2D eigenvalue weighted by atomic mass is 10.1. The number of benzene rings is 3. The molecule has 0 aliphatic rings. The second-order valence-electron chi connectivity index (χ2n) is 6.03. The number of fused-ring (bicyclic) bond motifs is 1. The fraction of sp³-hybridized carbons (Fsp3) is 0.0952. The average Bonchev–Trinajstić information content (AvgIpc) is 2.70. The molecule has 138 valence electrons. The molecule has 0 bridgehead atoms. The third-order valence-corrected chi connectivity index (χ3v) is 5.52. The van der Waals surface area contributed by atoms with E-state index >= 15 is 0 Å². The zero-order valence-electron chi connectivity index (χ0n) is 14.7. The van der Waals surface area contributed by atoms with Crippen LogP contribution in [0.3, 0.4) is 0 Å². The van der Waals surface area contributed by atoms with Gasteiger partial charge in [0.05, 0.1) is 4.90 Å². The van der Waals surface area contributed by atoms with Crippen molar-refractivity contribution in [1.82, 2.24) is 10.0 Å². The first-order valence-corrected chi connectivity index (χ1v) is 9.94. The van der Waals surface area contributed by atoms with Crippen molar-refractivity contribution < 1.29 is 13.2 Å². The van der Waals surface area contributed by atoms with E-state index in [9.17, 15) is 13.2 Å². The Bertz CT molecular complexity index is 1070. The lowest BCUT2D eigenvalue weighted by molar-refractivity contribution is 0.0958. The topological polar surface area (TPSA) is 75.3 Å². The van der Waals surface area contributed by atoms with Crippen LogP contribution in [-0.4, -0.2) is 20.9 Å². The Morgan fingerprint density at radius 2 is 1.67 bits per heavy atom. The molecular formula is C21H20N2O3S. The van der Waals surface area contributed by atoms with Crippen molar-refractivity contribution in [3.63, 3.8) is 0 Å². The summed E-state index contributed by atoms with van der Waals surface area (Å²) in [5, 5.41) is 4.55. The molecule has 0 fully saturated rings. The summed E-state index contributed by atoms with van der Waals surface area (Å²) in [5.41, 5.74) is 1.28. The lowest BCUT2D eigenvalue weighted by Crippen LogP contribution is -2.24. The summed E-state index contributed by atoms with van der Waals surface area (Å²) in [4.78, 5) is 12.1. The number of hydrogen-bond donors (Lipinski definition) is 2. The molecule has 0 aromatic heterocycles. The van der Waals surface area contributed by atoms with Crippen molar-refractivity contribution in [3.8, 4) is 0 Å². The molecule has 0 spiro atoms. The Morgan fingerprint density at radius 1 is 0.963 bits per heavy atom. The van der Waals surface area contributed by atoms with E-state index in [0.717, 1.165) is 16.3 Å². The van der Waals surface area contributed by atoms with Crippen LogP contribution >= 0.6 is 0 Å². The van der Waals surface area contributed by atoms with Crippen LogP contribution in [0.5, 0.6) is 0 Å². The fourth-order valence-electron chi connectivity index (χ4n) is 2.64. The maximum absolute atomic E-state index is 12.6. The Balaban J connectivity index is 1.69. The molecule has 0 radical (unpaired) electrons. The molecule has 2 N–H and O–H groups in total. The highest BCUT2D eigenvalue weighted by Crippen LogP contribution is 2.19. The van der Waals surface area contributed by atoms with Crippen LogP contribution in [0, 0.1) is 0 Å². The van der Waals surface area contributed by atoms with Crippen LogP contribution in [0.2, 0.25) is 0 Å². The summed E-state index contributed by atoms with van der Waals surface area (Å²) in [6.07, 6.45) is 1.60. The number of amides is 1. The predicted octanol–water partition coefficient (Wildman–Crippen LogP) is 3.23. The van der Waals surface area contributed by atoms with Crippen molar-refractivity contribution >= 4 is 26.7 Å². The minimum absolute atomic E-state index is 0.143. The Labute approximate surface area is 158 Å². The largest absolute Gasteiger partial charge is 0.349 e. The second kappa shape index (κ2) is 8.16. The zero-order chi connectivity index (χ0) is 19.3. The molecule has 0 heterocycles. The summed E-state index contributed by atoms with van der Waals surface area (Å²) in [6, 6.07) is 19.4. The number of rotatable bonds is 7. The van der Waals surface area contributed by atoms with E-state index in [1.165, 1.54) is 0 Å². The van der Waals surface area contributed by atoms with Crippen LogP contribution in [-0.2, 0) is 16.6 Å². The number of carbonyl (C=O) groups is 1. The highest BCUT2D eigenvalue weighted by molar-refractivity contribution is 7.89. The number of sulfonamides is 1. The van der Waals surface area contributed by atoms with Crippen LogP contribution < -0.4 is 10.0 Å². The van der Waals surface area contributed by atoms with Crippen molar-refractivity contribution in [2.45, 2.75) is 11.4 Å². The molecule has 6 heteroatoms. The van der Waals surface area contributed by atoms with Gasteiger partial charge in [0.15, 0.2) is 0 Å². The van der Waals surface area contributed by atoms with E-state index in [-0.39, 0.29) is 17.3 Å². The van der Waals surface area contributed by atoms with E-state index in [1.807, 2.05) is 24.3 Å². The van der Waals surface area contributed by atoms with Gasteiger partial charge in [-0.3, -0.25) is 4.79 Å². The van der Waals surface area contributed by atoms with Gasteiger partial charge in [-0.1, -0.05) is 48.5 Å². The quantitative estimate of drug-likeness (QED) is 0.618. The normalized spacial score (nSPS) is 11.3. The van der Waals surface area contributed by atoms with Crippen LogP contribution in [0.15, 0.2) is 84.3 Å². The third-order valence-electron chi connectivity index (χ3n) is 4.12. The zero-order valence-corrected chi connectivity index (χ0v) is 15.5. The molecule has 3 aromatic rings. The van der Waals surface area contributed by atoms with Crippen molar-refractivity contribution in [2.75, 3.05) is 6.54 Å². The highest BCUT2D eigenvalue weighted by atomic mass is 32.2. The Morgan fingerprint density at radius 3 is 2.37 bits per heavy atom. The minimum Gasteiger partial charge on any atom is -0.349 e. The molecule has 3 aromatic carbocycles. The molecule has 0 aliphatic carbocycles. The summed E-state index contributed by atoms with van der Waals surface area (Å²) in [6.45, 7) is 4.09. The smallest absolute Gasteiger partial charge is 0.251 e. The number of nitrogens with one attached hydrogen (secondary N) is 2. The summed E-state index contributed by atoms with van der Waals surface area (Å²) < 4.78 is 27.7. The second-order valence-corrected chi connectivity index (χ2v) is 7.80. The van der Waals surface area contributed by atoms with Gasteiger partial charge in [-0.15, -0.1) is 6.58 Å². The van der Waals surface area contributed by atoms with Gasteiger partial charge in [0.25, 0.3) is 5.91 Å². The molecule has 3 rings (SSSR count). The maximum Gasteiger partial charge on any atom is 0.251 e. The molecule has 1 amide bonds. The standard InChI is InChI=1S/C21H20N2O3S/c1-2-13-22-21(24)18-9-7-16(8-10-18)15-23-27(25,26)20-12-11-17-5-3-4-6-19(17)14-20/h2-12,14,23H,1,13,15H2,(H,22,24). The monoisotopic (exact) mass is 380 g/mol. The van der Waals surface area contributed by atoms with Gasteiger partial charge in [0.2, 0.25) is 10.0 Å².